The first kappa shape index (κ1) is 14.5. The maximum Gasteiger partial charge on any atom is 0.243 e. The number of anilines is 1. The van der Waals surface area contributed by atoms with E-state index in [-0.39, 0.29) is 11.8 Å². The molecule has 1 N–H and O–H groups in total. The molecule has 2 aliphatic rings. The minimum Gasteiger partial charge on any atom is -0.325 e. The third-order valence-electron chi connectivity index (χ3n) is 4.52. The summed E-state index contributed by atoms with van der Waals surface area (Å²) < 4.78 is 27.0. The number of hydrogen-bond donors (Lipinski definition) is 1. The molecule has 2 aliphatic heterocycles. The Bertz CT molecular complexity index is 676. The SMILES string of the molecule is CC1CCN(S(=O)(=O)c2ccc3c(c2)[C@@H](C)C(=O)N3)CC1. The minimum atomic E-state index is -3.45. The van der Waals surface area contributed by atoms with Crippen LogP contribution in [0, 0.1) is 5.92 Å². The van der Waals surface area contributed by atoms with Crippen molar-refractivity contribution in [2.45, 2.75) is 37.5 Å². The van der Waals surface area contributed by atoms with Crippen LogP contribution in [0.15, 0.2) is 23.1 Å². The van der Waals surface area contributed by atoms with Gasteiger partial charge < -0.3 is 5.32 Å². The van der Waals surface area contributed by atoms with Crippen LogP contribution in [0.5, 0.6) is 0 Å². The molecule has 1 aromatic carbocycles. The Labute approximate surface area is 125 Å². The lowest BCUT2D eigenvalue weighted by molar-refractivity contribution is -0.116. The van der Waals surface area contributed by atoms with Gasteiger partial charge in [0.25, 0.3) is 0 Å². The summed E-state index contributed by atoms with van der Waals surface area (Å²) in [6, 6.07) is 4.92. The van der Waals surface area contributed by atoms with Crippen LogP contribution in [0.1, 0.15) is 38.2 Å². The molecule has 0 bridgehead atoms. The molecule has 6 heteroatoms. The molecule has 1 aromatic rings. The Kier molecular flexibility index (Phi) is 3.53. The van der Waals surface area contributed by atoms with Crippen molar-refractivity contribution in [2.75, 3.05) is 18.4 Å². The second-order valence-corrected chi connectivity index (χ2v) is 7.98. The van der Waals surface area contributed by atoms with Gasteiger partial charge in [-0.05, 0) is 49.4 Å². The molecule has 5 nitrogen and oxygen atoms in total. The van der Waals surface area contributed by atoms with Gasteiger partial charge in [-0.3, -0.25) is 4.79 Å². The van der Waals surface area contributed by atoms with Crippen LogP contribution in [0.4, 0.5) is 5.69 Å². The van der Waals surface area contributed by atoms with Crippen molar-refractivity contribution >= 4 is 21.6 Å². The normalized spacial score (nSPS) is 23.9. The molecule has 1 saturated heterocycles. The molecule has 1 amide bonds. The quantitative estimate of drug-likeness (QED) is 0.910. The van der Waals surface area contributed by atoms with Gasteiger partial charge in [-0.1, -0.05) is 6.92 Å². The van der Waals surface area contributed by atoms with E-state index in [4.69, 9.17) is 0 Å². The van der Waals surface area contributed by atoms with E-state index < -0.39 is 10.0 Å². The molecule has 0 unspecified atom stereocenters. The first-order valence-electron chi connectivity index (χ1n) is 7.34. The van der Waals surface area contributed by atoms with E-state index in [1.165, 1.54) is 0 Å². The third-order valence-corrected chi connectivity index (χ3v) is 6.42. The number of piperidine rings is 1. The van der Waals surface area contributed by atoms with Crippen LogP contribution in [-0.2, 0) is 14.8 Å². The Morgan fingerprint density at radius 1 is 1.19 bits per heavy atom. The van der Waals surface area contributed by atoms with Gasteiger partial charge in [-0.15, -0.1) is 0 Å². The molecule has 114 valence electrons. The number of amides is 1. The zero-order valence-electron chi connectivity index (χ0n) is 12.3. The van der Waals surface area contributed by atoms with Gasteiger partial charge in [-0.25, -0.2) is 8.42 Å². The maximum atomic E-state index is 12.7. The number of benzene rings is 1. The molecular weight excluding hydrogens is 288 g/mol. The highest BCUT2D eigenvalue weighted by molar-refractivity contribution is 7.89. The Balaban J connectivity index is 1.92. The number of nitrogens with zero attached hydrogens (tertiary/aromatic N) is 1. The molecular formula is C15H20N2O3S. The number of carbonyl (C=O) groups excluding carboxylic acids is 1. The van der Waals surface area contributed by atoms with Crippen molar-refractivity contribution in [1.82, 2.24) is 4.31 Å². The number of fused-ring (bicyclic) bond motifs is 1. The molecule has 0 aromatic heterocycles. The van der Waals surface area contributed by atoms with Crippen molar-refractivity contribution in [3.63, 3.8) is 0 Å². The largest absolute Gasteiger partial charge is 0.325 e. The Hall–Kier alpha value is -1.40. The summed E-state index contributed by atoms with van der Waals surface area (Å²) in [6.45, 7) is 5.10. The predicted octanol–water partition coefficient (Wildman–Crippen LogP) is 2.16. The fraction of sp³-hybridized carbons (Fsp3) is 0.533. The average molecular weight is 308 g/mol. The Morgan fingerprint density at radius 2 is 1.86 bits per heavy atom. The predicted molar refractivity (Wildman–Crippen MR) is 80.6 cm³/mol. The number of rotatable bonds is 2. The monoisotopic (exact) mass is 308 g/mol. The molecule has 0 spiro atoms. The van der Waals surface area contributed by atoms with E-state index in [1.54, 1.807) is 29.4 Å². The smallest absolute Gasteiger partial charge is 0.243 e. The summed E-state index contributed by atoms with van der Waals surface area (Å²) in [5.41, 5.74) is 1.49. The highest BCUT2D eigenvalue weighted by Crippen LogP contribution is 2.34. The number of sulfonamides is 1. The summed E-state index contributed by atoms with van der Waals surface area (Å²) in [7, 11) is -3.45. The highest BCUT2D eigenvalue weighted by atomic mass is 32.2. The summed E-state index contributed by atoms with van der Waals surface area (Å²) in [5.74, 6) is 0.209. The van der Waals surface area contributed by atoms with Crippen LogP contribution in [0.25, 0.3) is 0 Å². The summed E-state index contributed by atoms with van der Waals surface area (Å²) >= 11 is 0. The van der Waals surface area contributed by atoms with Gasteiger partial charge >= 0.3 is 0 Å². The van der Waals surface area contributed by atoms with Gasteiger partial charge in [0.15, 0.2) is 0 Å². The van der Waals surface area contributed by atoms with Crippen molar-refractivity contribution < 1.29 is 13.2 Å². The minimum absolute atomic E-state index is 0.0775. The van der Waals surface area contributed by atoms with Crippen LogP contribution in [-0.4, -0.2) is 31.7 Å². The van der Waals surface area contributed by atoms with Crippen molar-refractivity contribution in [2.24, 2.45) is 5.92 Å². The zero-order chi connectivity index (χ0) is 15.2. The summed E-state index contributed by atoms with van der Waals surface area (Å²) in [4.78, 5) is 11.9. The van der Waals surface area contributed by atoms with E-state index >= 15 is 0 Å². The first-order valence-corrected chi connectivity index (χ1v) is 8.78. The lowest BCUT2D eigenvalue weighted by Crippen LogP contribution is -2.37. The van der Waals surface area contributed by atoms with Gasteiger partial charge in [-0.2, -0.15) is 4.31 Å². The molecule has 0 aliphatic carbocycles. The molecule has 1 atom stereocenters. The summed E-state index contributed by atoms with van der Waals surface area (Å²) in [5, 5.41) is 2.76. The van der Waals surface area contributed by atoms with E-state index in [9.17, 15) is 13.2 Å². The number of nitrogens with one attached hydrogen (secondary N) is 1. The zero-order valence-corrected chi connectivity index (χ0v) is 13.1. The molecule has 1 fully saturated rings. The molecule has 3 rings (SSSR count). The fourth-order valence-corrected chi connectivity index (χ4v) is 4.44. The van der Waals surface area contributed by atoms with Crippen LogP contribution in [0.2, 0.25) is 0 Å². The molecule has 2 heterocycles. The standard InChI is InChI=1S/C15H20N2O3S/c1-10-5-7-17(8-6-10)21(19,20)12-3-4-14-13(9-12)11(2)15(18)16-14/h3-4,9-11H,5-8H2,1-2H3,(H,16,18)/t11-/m1/s1. The van der Waals surface area contributed by atoms with E-state index in [0.29, 0.717) is 23.9 Å². The lowest BCUT2D eigenvalue weighted by Gasteiger charge is -2.29. The fourth-order valence-electron chi connectivity index (χ4n) is 2.93. The molecule has 0 saturated carbocycles. The topological polar surface area (TPSA) is 66.5 Å². The molecule has 0 radical (unpaired) electrons. The van der Waals surface area contributed by atoms with Gasteiger partial charge in [0.2, 0.25) is 15.9 Å². The van der Waals surface area contributed by atoms with Gasteiger partial charge in [0.05, 0.1) is 10.8 Å². The first-order chi connectivity index (χ1) is 9.89. The molecule has 21 heavy (non-hydrogen) atoms. The second kappa shape index (κ2) is 5.10. The average Bonchev–Trinajstić information content (AvgIpc) is 2.74. The van der Waals surface area contributed by atoms with E-state index in [1.807, 2.05) is 0 Å². The van der Waals surface area contributed by atoms with E-state index in [0.717, 1.165) is 24.1 Å². The number of carbonyl (C=O) groups is 1. The Morgan fingerprint density at radius 3 is 2.52 bits per heavy atom. The van der Waals surface area contributed by atoms with Crippen molar-refractivity contribution in [1.29, 1.82) is 0 Å². The van der Waals surface area contributed by atoms with Gasteiger partial charge in [0.1, 0.15) is 0 Å². The summed E-state index contributed by atoms with van der Waals surface area (Å²) in [6.07, 6.45) is 1.81. The van der Waals surface area contributed by atoms with Gasteiger partial charge in [0, 0.05) is 18.8 Å². The van der Waals surface area contributed by atoms with Crippen molar-refractivity contribution in [3.8, 4) is 0 Å². The number of hydrogen-bond acceptors (Lipinski definition) is 3. The van der Waals surface area contributed by atoms with Crippen LogP contribution in [0.3, 0.4) is 0 Å². The maximum absolute atomic E-state index is 12.7. The van der Waals surface area contributed by atoms with Crippen LogP contribution < -0.4 is 5.32 Å². The van der Waals surface area contributed by atoms with Crippen LogP contribution >= 0.6 is 0 Å². The lowest BCUT2D eigenvalue weighted by atomic mass is 10.0. The third kappa shape index (κ3) is 2.46. The van der Waals surface area contributed by atoms with Crippen molar-refractivity contribution in [3.05, 3.63) is 23.8 Å². The second-order valence-electron chi connectivity index (χ2n) is 6.05. The highest BCUT2D eigenvalue weighted by Gasteiger charge is 2.31. The van der Waals surface area contributed by atoms with E-state index in [2.05, 4.69) is 12.2 Å².